The summed E-state index contributed by atoms with van der Waals surface area (Å²) in [6.07, 6.45) is 0. The van der Waals surface area contributed by atoms with Crippen molar-refractivity contribution < 1.29 is 23.2 Å². The molecule has 0 atom stereocenters. The van der Waals surface area contributed by atoms with Gasteiger partial charge in [0, 0.05) is 43.4 Å². The predicted molar refractivity (Wildman–Crippen MR) is 12.2 cm³/mol. The number of hydrogen-bond donors (Lipinski definition) is 0. The molecule has 0 saturated heterocycles. The van der Waals surface area contributed by atoms with E-state index >= 15 is 0 Å². The molecule has 0 amide bonds. The van der Waals surface area contributed by atoms with E-state index in [9.17, 15) is 0 Å². The van der Waals surface area contributed by atoms with E-state index in [2.05, 4.69) is 0 Å². The second-order valence-corrected chi connectivity index (χ2v) is 0. The summed E-state index contributed by atoms with van der Waals surface area (Å²) in [5.41, 5.74) is 0. The van der Waals surface area contributed by atoms with E-state index in [0.29, 0.717) is 19.8 Å². The first-order valence-corrected chi connectivity index (χ1v) is 1.36. The maximum atomic E-state index is 8.33. The van der Waals surface area contributed by atoms with Crippen LogP contribution in [0.25, 0.3) is 0 Å². The van der Waals surface area contributed by atoms with E-state index in [1.54, 1.807) is 0 Å². The Bertz CT molecular complexity index is 8.00. The molecule has 0 saturated carbocycles. The Morgan fingerprint density at radius 2 is 1.25 bits per heavy atom. The summed E-state index contributed by atoms with van der Waals surface area (Å²) in [6, 6.07) is 0. The molecule has 0 aliphatic heterocycles. The molecule has 0 unspecified atom stereocenters. The third kappa shape index (κ3) is 9.08. The standard InChI is InChI=1S/Ge.In.O.W. The monoisotopic (exact) mass is 389 g/mol. The van der Waals surface area contributed by atoms with Gasteiger partial charge in [0.25, 0.3) is 0 Å². The molecule has 0 spiro atoms. The van der Waals surface area contributed by atoms with Gasteiger partial charge in [-0.25, -0.2) is 0 Å². The summed E-state index contributed by atoms with van der Waals surface area (Å²) < 4.78 is 8.33. The Morgan fingerprint density at radius 3 is 1.25 bits per heavy atom. The Labute approximate surface area is 65.9 Å². The fourth-order valence-electron chi connectivity index (χ4n) is 0. The molecule has 1 nitrogen and oxygen atoms in total. The van der Waals surface area contributed by atoms with Crippen molar-refractivity contribution in [1.29, 1.82) is 0 Å². The molecule has 0 rings (SSSR count). The topological polar surface area (TPSA) is 17.1 Å². The first-order valence-electron chi connectivity index (χ1n) is 0.167. The van der Waals surface area contributed by atoms with Gasteiger partial charge in [0.2, 0.25) is 0 Å². The van der Waals surface area contributed by atoms with Gasteiger partial charge in [-0.05, 0) is 0 Å². The van der Waals surface area contributed by atoms with Gasteiger partial charge < -0.3 is 0 Å². The first-order chi connectivity index (χ1) is 1.00. The summed E-state index contributed by atoms with van der Waals surface area (Å²) in [7, 11) is 0. The van der Waals surface area contributed by atoms with Crippen LogP contribution in [0.1, 0.15) is 0 Å². The molecular weight excluding hydrogens is 387 g/mol. The molecule has 0 aliphatic carbocycles. The Kier molecular flexibility index (Phi) is 86.9. The zero-order valence-electron chi connectivity index (χ0n) is 1.89. The summed E-state index contributed by atoms with van der Waals surface area (Å²) in [5, 5.41) is 0. The van der Waals surface area contributed by atoms with Crippen LogP contribution in [0.5, 0.6) is 0 Å². The van der Waals surface area contributed by atoms with Crippen LogP contribution >= 0.6 is 0 Å². The van der Waals surface area contributed by atoms with Crippen molar-refractivity contribution in [1.82, 2.24) is 0 Å². The van der Waals surface area contributed by atoms with Gasteiger partial charge in [0.05, 0.1) is 0 Å². The van der Waals surface area contributed by atoms with Crippen molar-refractivity contribution in [2.45, 2.75) is 0 Å². The minimum absolute atomic E-state index is 0. The van der Waals surface area contributed by atoms with Crippen LogP contribution in [0.15, 0.2) is 0 Å². The maximum absolute atomic E-state index is 8.33. The number of rotatable bonds is 0. The van der Waals surface area contributed by atoms with E-state index in [0.717, 1.165) is 0 Å². The molecular formula is GeInOW. The fourth-order valence-corrected chi connectivity index (χ4v) is 0. The molecule has 4 heteroatoms. The van der Waals surface area contributed by atoms with Crippen molar-refractivity contribution in [3.63, 3.8) is 0 Å². The average molecular weight is 387 g/mol. The van der Waals surface area contributed by atoms with Crippen molar-refractivity contribution >= 4 is 43.4 Å². The van der Waals surface area contributed by atoms with Crippen molar-refractivity contribution in [3.05, 3.63) is 0 Å². The molecule has 0 bridgehead atoms. The Balaban J connectivity index is -0.00000000500. The van der Waals surface area contributed by atoms with Crippen molar-refractivity contribution in [2.24, 2.45) is 0 Å². The Hall–Kier alpha value is 1.90. The van der Waals surface area contributed by atoms with Crippen LogP contribution in [0.4, 0.5) is 0 Å². The molecule has 0 aromatic carbocycles. The van der Waals surface area contributed by atoms with Gasteiger partial charge in [-0.3, -0.25) is 0 Å². The third-order valence-corrected chi connectivity index (χ3v) is 0. The van der Waals surface area contributed by atoms with Gasteiger partial charge in [-0.2, -0.15) is 0 Å². The van der Waals surface area contributed by atoms with Crippen LogP contribution in [-0.4, -0.2) is 43.4 Å². The second kappa shape index (κ2) is 20.6. The molecule has 0 fully saturated rings. The second-order valence-electron chi connectivity index (χ2n) is 0. The van der Waals surface area contributed by atoms with Crippen LogP contribution in [0.3, 0.4) is 0 Å². The molecule has 0 aromatic heterocycles. The minimum atomic E-state index is 0. The summed E-state index contributed by atoms with van der Waals surface area (Å²) in [4.78, 5) is 0. The summed E-state index contributed by atoms with van der Waals surface area (Å²) in [5.74, 6) is 0. The van der Waals surface area contributed by atoms with E-state index in [-0.39, 0.29) is 43.4 Å². The van der Waals surface area contributed by atoms with Crippen molar-refractivity contribution in [2.75, 3.05) is 0 Å². The quantitative estimate of drug-likeness (QED) is 0.494. The predicted octanol–water partition coefficient (Wildman–Crippen LogP) is -0.883. The zero-order chi connectivity index (χ0) is 2.00. The SMILES string of the molecule is [Ge].[In].[O]=[W]. The molecule has 4 heavy (non-hydrogen) atoms. The molecule has 0 N–H and O–H groups in total. The summed E-state index contributed by atoms with van der Waals surface area (Å²) in [6.45, 7) is 0. The molecule has 0 heterocycles. The van der Waals surface area contributed by atoms with Gasteiger partial charge in [-0.15, -0.1) is 0 Å². The Morgan fingerprint density at radius 1 is 1.25 bits per heavy atom. The van der Waals surface area contributed by atoms with Crippen molar-refractivity contribution in [3.8, 4) is 0 Å². The van der Waals surface area contributed by atoms with Crippen LogP contribution in [0.2, 0.25) is 0 Å². The van der Waals surface area contributed by atoms with Gasteiger partial charge in [-0.1, -0.05) is 0 Å². The normalized spacial score (nSPS) is 1.00. The van der Waals surface area contributed by atoms with Gasteiger partial charge in [0.1, 0.15) is 0 Å². The van der Waals surface area contributed by atoms with Crippen LogP contribution < -0.4 is 0 Å². The van der Waals surface area contributed by atoms with Gasteiger partial charge >= 0.3 is 23.2 Å². The molecule has 19 valence electrons. The first kappa shape index (κ1) is 16.8. The van der Waals surface area contributed by atoms with E-state index < -0.39 is 0 Å². The fraction of sp³-hybridized carbons (Fsp3) is 0. The van der Waals surface area contributed by atoms with E-state index in [4.69, 9.17) is 3.40 Å². The average Bonchev–Trinajstić information content (AvgIpc) is 1.00. The zero-order valence-corrected chi connectivity index (χ0v) is 10.2. The number of hydrogen-bond acceptors (Lipinski definition) is 1. The van der Waals surface area contributed by atoms with E-state index in [1.807, 2.05) is 0 Å². The summed E-state index contributed by atoms with van der Waals surface area (Å²) >= 11 is 0.333. The third-order valence-electron chi connectivity index (χ3n) is 0. The molecule has 0 aliphatic rings. The van der Waals surface area contributed by atoms with Crippen LogP contribution in [0, 0.1) is 0 Å². The van der Waals surface area contributed by atoms with Gasteiger partial charge in [0.15, 0.2) is 0 Å². The van der Waals surface area contributed by atoms with Crippen LogP contribution in [-0.2, 0) is 23.2 Å². The molecule has 7 radical (unpaired) electrons. The van der Waals surface area contributed by atoms with E-state index in [1.165, 1.54) is 0 Å². The molecule has 0 aromatic rings.